The highest BCUT2D eigenvalue weighted by molar-refractivity contribution is 5.98. The molecule has 0 saturated carbocycles. The third-order valence-electron chi connectivity index (χ3n) is 13.3. The number of urea groups is 1. The topological polar surface area (TPSA) is 327 Å². The Morgan fingerprint density at radius 3 is 1.96 bits per heavy atom. The number of carboxylic acid groups (broad SMARTS) is 2. The quantitative estimate of drug-likeness (QED) is 0.0400. The van der Waals surface area contributed by atoms with Crippen molar-refractivity contribution in [2.45, 2.75) is 143 Å². The molecule has 1 heterocycles. The van der Waals surface area contributed by atoms with E-state index in [9.17, 15) is 43.5 Å². The predicted molar refractivity (Wildman–Crippen MR) is 287 cm³/mol. The molecule has 22 nitrogen and oxygen atoms in total. The number of carboxylic acids is 2. The van der Waals surface area contributed by atoms with Crippen molar-refractivity contribution in [2.24, 2.45) is 35.8 Å². The minimum absolute atomic E-state index is 0.0823. The SMILES string of the molecule is C/C(=C\C(C(C)C)N(C)C(=O)C(NC(=O)C(N(C)C(=O)OCc1ccc(NC(=O)C(CCCNC(N)=O)NC(=O)C(N)C(C)C)cc1)C(C)(C)c1cn(C)c2ccccc12)C(C)(C)C)C(=O)NC(CCC(=O)O)C(=O)O. The molecule has 6 unspecified atom stereocenters. The number of nitrogens with one attached hydrogen (secondary N) is 5. The summed E-state index contributed by atoms with van der Waals surface area (Å²) in [6, 6.07) is 6.80. The molecular formula is C54H80N10O12. The second kappa shape index (κ2) is 27.3. The van der Waals surface area contributed by atoms with Crippen LogP contribution in [0.5, 0.6) is 0 Å². The average Bonchev–Trinajstić information content (AvgIpc) is 3.69. The summed E-state index contributed by atoms with van der Waals surface area (Å²) in [5.41, 5.74) is 11.7. The Hall–Kier alpha value is -7.49. The Bertz CT molecular complexity index is 2600. The number of hydrogen-bond donors (Lipinski definition) is 9. The smallest absolute Gasteiger partial charge is 0.410 e. The Morgan fingerprint density at radius 2 is 1.41 bits per heavy atom. The number of ether oxygens (including phenoxy) is 1. The molecule has 418 valence electrons. The molecule has 0 bridgehead atoms. The van der Waals surface area contributed by atoms with E-state index in [4.69, 9.17) is 21.3 Å². The number of para-hydroxylation sites is 1. The van der Waals surface area contributed by atoms with Gasteiger partial charge in [0.15, 0.2) is 0 Å². The number of aromatic nitrogens is 1. The van der Waals surface area contributed by atoms with Crippen LogP contribution in [0.2, 0.25) is 0 Å². The highest BCUT2D eigenvalue weighted by Crippen LogP contribution is 2.37. The van der Waals surface area contributed by atoms with E-state index in [1.807, 2.05) is 69.8 Å². The second-order valence-corrected chi connectivity index (χ2v) is 21.5. The van der Waals surface area contributed by atoms with Crippen LogP contribution in [0.1, 0.15) is 106 Å². The molecule has 0 radical (unpaired) electrons. The number of aliphatic carboxylic acids is 2. The number of rotatable bonds is 26. The number of carbonyl (C=O) groups is 9. The van der Waals surface area contributed by atoms with Gasteiger partial charge in [0.1, 0.15) is 30.8 Å². The standard InChI is InChI=1S/C54H80N10O12/c1-30(2)40(27-32(5)45(67)60-38(50(72)73)24-25-41(65)66)63(12)49(71)43(53(6,7)8)61-48(70)44(54(9,10)36-28-62(11)39-19-15-14-17-35(36)39)64(13)52(75)76-29-33-20-22-34(23-21-33)58-46(68)37(18-16-26-57-51(56)74)59-47(69)42(55)31(3)4/h14-15,17,19-23,27-28,30-31,37-38,40,42-44H,16,18,24-26,29,55H2,1-13H3,(H,58,68)(H,59,69)(H,60,67)(H,61,70)(H,65,66)(H,72,73)(H3,56,57,74)/b32-27+. The van der Waals surface area contributed by atoms with Gasteiger partial charge in [0.25, 0.3) is 0 Å². The van der Waals surface area contributed by atoms with Crippen LogP contribution < -0.4 is 38.1 Å². The zero-order valence-corrected chi connectivity index (χ0v) is 46.1. The zero-order chi connectivity index (χ0) is 57.6. The van der Waals surface area contributed by atoms with Crippen molar-refractivity contribution >= 4 is 70.2 Å². The van der Waals surface area contributed by atoms with E-state index in [0.29, 0.717) is 17.7 Å². The lowest BCUT2D eigenvalue weighted by Gasteiger charge is -2.42. The number of aryl methyl sites for hydroxylation is 1. The van der Waals surface area contributed by atoms with Crippen LogP contribution in [0, 0.1) is 17.3 Å². The Labute approximate surface area is 445 Å². The summed E-state index contributed by atoms with van der Waals surface area (Å²) in [5.74, 6) is -6.09. The minimum atomic E-state index is -1.46. The summed E-state index contributed by atoms with van der Waals surface area (Å²) in [5, 5.41) is 32.8. The average molecular weight is 1060 g/mol. The van der Waals surface area contributed by atoms with Crippen LogP contribution in [0.4, 0.5) is 15.3 Å². The number of anilines is 1. The summed E-state index contributed by atoms with van der Waals surface area (Å²) in [6.45, 7) is 17.6. The fourth-order valence-electron chi connectivity index (χ4n) is 8.71. The summed E-state index contributed by atoms with van der Waals surface area (Å²) in [4.78, 5) is 120. The molecule has 3 rings (SSSR count). The van der Waals surface area contributed by atoms with Crippen molar-refractivity contribution in [3.8, 4) is 0 Å². The monoisotopic (exact) mass is 1060 g/mol. The van der Waals surface area contributed by atoms with E-state index < -0.39 is 107 Å². The van der Waals surface area contributed by atoms with Crippen molar-refractivity contribution in [1.29, 1.82) is 0 Å². The fraction of sp³-hybridized carbons (Fsp3) is 0.537. The molecule has 11 N–H and O–H groups in total. The van der Waals surface area contributed by atoms with Gasteiger partial charge in [-0.25, -0.2) is 14.4 Å². The van der Waals surface area contributed by atoms with Gasteiger partial charge in [0.2, 0.25) is 29.5 Å². The van der Waals surface area contributed by atoms with Gasteiger partial charge in [-0.05, 0) is 72.8 Å². The maximum Gasteiger partial charge on any atom is 0.410 e. The third kappa shape index (κ3) is 17.3. The third-order valence-corrected chi connectivity index (χ3v) is 13.3. The fourth-order valence-corrected chi connectivity index (χ4v) is 8.71. The number of carbonyl (C=O) groups excluding carboxylic acids is 7. The van der Waals surface area contributed by atoms with E-state index in [2.05, 4.69) is 26.6 Å². The molecule has 0 fully saturated rings. The number of nitrogens with zero attached hydrogens (tertiary/aromatic N) is 3. The van der Waals surface area contributed by atoms with Gasteiger partial charge in [0.05, 0.1) is 12.1 Å². The van der Waals surface area contributed by atoms with Gasteiger partial charge in [-0.15, -0.1) is 0 Å². The maximum absolute atomic E-state index is 15.2. The molecular weight excluding hydrogens is 981 g/mol. The Kier molecular flexibility index (Phi) is 22.6. The first kappa shape index (κ1) is 62.8. The Balaban J connectivity index is 1.94. The van der Waals surface area contributed by atoms with E-state index in [1.165, 1.54) is 36.9 Å². The van der Waals surface area contributed by atoms with Crippen LogP contribution in [0.15, 0.2) is 66.4 Å². The predicted octanol–water partition coefficient (Wildman–Crippen LogP) is 4.34. The summed E-state index contributed by atoms with van der Waals surface area (Å²) >= 11 is 0. The lowest BCUT2D eigenvalue weighted by Crippen LogP contribution is -2.63. The molecule has 0 aliphatic heterocycles. The molecule has 2 aromatic carbocycles. The normalized spacial score (nSPS) is 14.3. The molecule has 8 amide bonds. The Morgan fingerprint density at radius 1 is 0.789 bits per heavy atom. The van der Waals surface area contributed by atoms with Gasteiger partial charge < -0.3 is 62.5 Å². The van der Waals surface area contributed by atoms with Gasteiger partial charge >= 0.3 is 24.1 Å². The number of nitrogens with two attached hydrogens (primary N) is 2. The number of fused-ring (bicyclic) bond motifs is 1. The van der Waals surface area contributed by atoms with Crippen molar-refractivity contribution in [3.63, 3.8) is 0 Å². The number of amides is 8. The minimum Gasteiger partial charge on any atom is -0.481 e. The highest BCUT2D eigenvalue weighted by atomic mass is 16.6. The van der Waals surface area contributed by atoms with Crippen molar-refractivity contribution in [1.82, 2.24) is 35.6 Å². The summed E-state index contributed by atoms with van der Waals surface area (Å²) < 4.78 is 7.76. The molecule has 0 aliphatic rings. The number of hydrogen-bond acceptors (Lipinski definition) is 11. The molecule has 0 saturated heterocycles. The molecule has 1 aromatic heterocycles. The molecule has 0 spiro atoms. The van der Waals surface area contributed by atoms with Crippen LogP contribution in [-0.2, 0) is 57.4 Å². The first-order chi connectivity index (χ1) is 35.3. The zero-order valence-electron chi connectivity index (χ0n) is 46.1. The van der Waals surface area contributed by atoms with Gasteiger partial charge in [-0.1, -0.05) is 98.7 Å². The van der Waals surface area contributed by atoms with Crippen molar-refractivity contribution < 1.29 is 58.1 Å². The van der Waals surface area contributed by atoms with E-state index in [-0.39, 0.29) is 43.4 Å². The lowest BCUT2D eigenvalue weighted by molar-refractivity contribution is -0.142. The number of primary amides is 1. The largest absolute Gasteiger partial charge is 0.481 e. The summed E-state index contributed by atoms with van der Waals surface area (Å²) in [6.07, 6.45) is 2.23. The molecule has 0 aliphatic carbocycles. The molecule has 76 heavy (non-hydrogen) atoms. The van der Waals surface area contributed by atoms with Crippen molar-refractivity contribution in [3.05, 3.63) is 77.5 Å². The van der Waals surface area contributed by atoms with Crippen LogP contribution >= 0.6 is 0 Å². The maximum atomic E-state index is 15.2. The lowest BCUT2D eigenvalue weighted by atomic mass is 9.76. The van der Waals surface area contributed by atoms with E-state index in [1.54, 1.807) is 58.9 Å². The molecule has 3 aromatic rings. The van der Waals surface area contributed by atoms with Crippen LogP contribution in [0.25, 0.3) is 10.9 Å². The first-order valence-corrected chi connectivity index (χ1v) is 25.2. The number of likely N-dealkylation sites (N-methyl/N-ethyl adjacent to an activating group) is 2. The highest BCUT2D eigenvalue weighted by Gasteiger charge is 2.46. The van der Waals surface area contributed by atoms with Gasteiger partial charge in [0, 0.05) is 67.9 Å². The molecule has 22 heteroatoms. The number of benzene rings is 2. The van der Waals surface area contributed by atoms with E-state index >= 15 is 4.79 Å². The van der Waals surface area contributed by atoms with Crippen LogP contribution in [-0.4, -0.2) is 135 Å². The molecule has 6 atom stereocenters. The summed E-state index contributed by atoms with van der Waals surface area (Å²) in [7, 11) is 4.84. The second-order valence-electron chi connectivity index (χ2n) is 21.5. The van der Waals surface area contributed by atoms with E-state index in [0.717, 1.165) is 16.5 Å². The van der Waals surface area contributed by atoms with Gasteiger partial charge in [-0.3, -0.25) is 33.7 Å². The van der Waals surface area contributed by atoms with Gasteiger partial charge in [-0.2, -0.15) is 0 Å². The van der Waals surface area contributed by atoms with Crippen molar-refractivity contribution in [2.75, 3.05) is 26.0 Å². The van der Waals surface area contributed by atoms with Crippen LogP contribution in [0.3, 0.4) is 0 Å². The first-order valence-electron chi connectivity index (χ1n) is 25.2.